The van der Waals surface area contributed by atoms with Gasteiger partial charge in [0.2, 0.25) is 0 Å². The number of fused-ring (bicyclic) bond motifs is 2. The molecule has 0 saturated heterocycles. The van der Waals surface area contributed by atoms with Crippen LogP contribution in [0.1, 0.15) is 123 Å². The lowest BCUT2D eigenvalue weighted by Crippen LogP contribution is -2.02. The molecule has 0 fully saturated rings. The molecule has 4 nitrogen and oxygen atoms in total. The van der Waals surface area contributed by atoms with Crippen LogP contribution < -0.4 is 9.47 Å². The van der Waals surface area contributed by atoms with Crippen LogP contribution in [0.3, 0.4) is 0 Å². The molecule has 0 bridgehead atoms. The van der Waals surface area contributed by atoms with E-state index < -0.39 is 0 Å². The van der Waals surface area contributed by atoms with Crippen molar-refractivity contribution in [1.29, 1.82) is 0 Å². The Labute approximate surface area is 229 Å². The molecule has 3 aromatic rings. The predicted octanol–water partition coefficient (Wildman–Crippen LogP) is 9.44. The molecule has 3 aromatic carbocycles. The summed E-state index contributed by atoms with van der Waals surface area (Å²) in [5, 5.41) is 4.51. The molecule has 0 unspecified atom stereocenters. The van der Waals surface area contributed by atoms with Crippen LogP contribution in [0.2, 0.25) is 0 Å². The fourth-order valence-corrected chi connectivity index (χ4v) is 5.72. The number of rotatable bonds is 18. The zero-order chi connectivity index (χ0) is 27.3. The molecule has 0 heterocycles. The van der Waals surface area contributed by atoms with Crippen molar-refractivity contribution in [2.75, 3.05) is 14.2 Å². The molecule has 0 N–H and O–H groups in total. The molecular weight excluding hydrogens is 472 g/mol. The first-order chi connectivity index (χ1) is 18.6. The van der Waals surface area contributed by atoms with Crippen LogP contribution in [0.15, 0.2) is 24.3 Å². The number of benzene rings is 3. The fourth-order valence-electron chi connectivity index (χ4n) is 5.72. The van der Waals surface area contributed by atoms with Crippen LogP contribution in [-0.2, 0) is 12.8 Å². The second-order valence-corrected chi connectivity index (χ2v) is 10.5. The lowest BCUT2D eigenvalue weighted by atomic mass is 9.85. The van der Waals surface area contributed by atoms with Gasteiger partial charge in [-0.25, -0.2) is 0 Å². The van der Waals surface area contributed by atoms with Crippen LogP contribution >= 0.6 is 0 Å². The fraction of sp³-hybridized carbons (Fsp3) is 0.529. The van der Waals surface area contributed by atoms with Crippen molar-refractivity contribution in [3.63, 3.8) is 0 Å². The summed E-state index contributed by atoms with van der Waals surface area (Å²) in [5.41, 5.74) is 3.62. The summed E-state index contributed by atoms with van der Waals surface area (Å²) in [4.78, 5) is 24.0. The SMILES string of the molecule is CCCCCCCCc1c2cc(C=O)c(OC)cc2c(CCCCCCCC)c2cc(C=O)c(OC)cc12. The van der Waals surface area contributed by atoms with Crippen molar-refractivity contribution < 1.29 is 19.1 Å². The van der Waals surface area contributed by atoms with Gasteiger partial charge < -0.3 is 9.47 Å². The lowest BCUT2D eigenvalue weighted by Gasteiger charge is -2.20. The Balaban J connectivity index is 2.16. The van der Waals surface area contributed by atoms with Gasteiger partial charge in [-0.15, -0.1) is 0 Å². The van der Waals surface area contributed by atoms with Crippen LogP contribution in [0.25, 0.3) is 21.5 Å². The van der Waals surface area contributed by atoms with Gasteiger partial charge >= 0.3 is 0 Å². The van der Waals surface area contributed by atoms with E-state index in [1.165, 1.54) is 75.3 Å². The summed E-state index contributed by atoms with van der Waals surface area (Å²) < 4.78 is 11.3. The molecule has 3 rings (SSSR count). The number of carbonyl (C=O) groups excluding carboxylic acids is 2. The zero-order valence-electron chi connectivity index (χ0n) is 24.0. The maximum absolute atomic E-state index is 12.0. The molecule has 0 aliphatic rings. The van der Waals surface area contributed by atoms with Gasteiger partial charge in [0.25, 0.3) is 0 Å². The molecule has 206 valence electrons. The molecule has 0 aliphatic heterocycles. The Kier molecular flexibility index (Phi) is 12.1. The van der Waals surface area contributed by atoms with Crippen molar-refractivity contribution in [2.45, 2.75) is 104 Å². The maximum Gasteiger partial charge on any atom is 0.153 e. The van der Waals surface area contributed by atoms with E-state index in [2.05, 4.69) is 13.8 Å². The quantitative estimate of drug-likeness (QED) is 0.0956. The second kappa shape index (κ2) is 15.5. The third kappa shape index (κ3) is 7.15. The number of hydrogen-bond donors (Lipinski definition) is 0. The van der Waals surface area contributed by atoms with Crippen LogP contribution in [0, 0.1) is 0 Å². The lowest BCUT2D eigenvalue weighted by molar-refractivity contribution is 0.111. The highest BCUT2D eigenvalue weighted by atomic mass is 16.5. The topological polar surface area (TPSA) is 52.6 Å². The smallest absolute Gasteiger partial charge is 0.153 e. The minimum absolute atomic E-state index is 0.575. The first-order valence-corrected chi connectivity index (χ1v) is 14.7. The molecule has 0 aliphatic carbocycles. The third-order valence-electron chi connectivity index (χ3n) is 7.85. The van der Waals surface area contributed by atoms with E-state index in [0.717, 1.165) is 59.8 Å². The van der Waals surface area contributed by atoms with Crippen molar-refractivity contribution in [3.8, 4) is 11.5 Å². The Hall–Kier alpha value is -2.88. The summed E-state index contributed by atoms with van der Waals surface area (Å²) in [5.74, 6) is 1.20. The maximum atomic E-state index is 12.0. The average molecular weight is 519 g/mol. The zero-order valence-corrected chi connectivity index (χ0v) is 24.0. The van der Waals surface area contributed by atoms with Gasteiger partial charge in [-0.2, -0.15) is 0 Å². The standard InChI is InChI=1S/C34H46O4/c1-5-7-9-11-13-15-17-27-29-19-25(23-35)34(38-4)22-32(29)28(18-16-14-12-10-8-6-2)30-20-26(24-36)33(37-3)21-31(27)30/h19-24H,5-18H2,1-4H3. The molecule has 0 saturated carbocycles. The molecule has 0 amide bonds. The third-order valence-corrected chi connectivity index (χ3v) is 7.85. The van der Waals surface area contributed by atoms with Gasteiger partial charge in [-0.1, -0.05) is 78.1 Å². The highest BCUT2D eigenvalue weighted by molar-refractivity contribution is 6.09. The summed E-state index contributed by atoms with van der Waals surface area (Å²) in [6, 6.07) is 8.11. The van der Waals surface area contributed by atoms with Crippen molar-refractivity contribution in [2.24, 2.45) is 0 Å². The summed E-state index contributed by atoms with van der Waals surface area (Å²) in [7, 11) is 3.24. The second-order valence-electron chi connectivity index (χ2n) is 10.5. The normalized spacial score (nSPS) is 11.3. The molecule has 0 radical (unpaired) electrons. The van der Waals surface area contributed by atoms with E-state index in [0.29, 0.717) is 22.6 Å². The molecular formula is C34H46O4. The molecule has 0 atom stereocenters. The van der Waals surface area contributed by atoms with E-state index in [1.54, 1.807) is 14.2 Å². The van der Waals surface area contributed by atoms with Gasteiger partial charge in [0.15, 0.2) is 12.6 Å². The van der Waals surface area contributed by atoms with Gasteiger partial charge in [0.05, 0.1) is 25.3 Å². The number of aldehydes is 2. The first kappa shape index (κ1) is 29.7. The summed E-state index contributed by atoms with van der Waals surface area (Å²) in [6.07, 6.45) is 18.3. The van der Waals surface area contributed by atoms with E-state index in [1.807, 2.05) is 24.3 Å². The van der Waals surface area contributed by atoms with Gasteiger partial charge in [-0.05, 0) is 82.6 Å². The minimum atomic E-state index is 0.575. The minimum Gasteiger partial charge on any atom is -0.496 e. The van der Waals surface area contributed by atoms with E-state index in [9.17, 15) is 9.59 Å². The van der Waals surface area contributed by atoms with Gasteiger partial charge in [0.1, 0.15) is 11.5 Å². The molecule has 4 heteroatoms. The highest BCUT2D eigenvalue weighted by Crippen LogP contribution is 2.40. The number of carbonyl (C=O) groups is 2. The van der Waals surface area contributed by atoms with Crippen molar-refractivity contribution >= 4 is 34.1 Å². The van der Waals surface area contributed by atoms with E-state index in [4.69, 9.17) is 9.47 Å². The Morgan fingerprint density at radius 2 is 0.868 bits per heavy atom. The largest absolute Gasteiger partial charge is 0.496 e. The number of methoxy groups -OCH3 is 2. The first-order valence-electron chi connectivity index (χ1n) is 14.7. The van der Waals surface area contributed by atoms with Crippen LogP contribution in [0.4, 0.5) is 0 Å². The Bertz CT molecular complexity index is 1120. The average Bonchev–Trinajstić information content (AvgIpc) is 2.95. The molecule has 0 aromatic heterocycles. The van der Waals surface area contributed by atoms with E-state index in [-0.39, 0.29) is 0 Å². The highest BCUT2D eigenvalue weighted by Gasteiger charge is 2.19. The summed E-state index contributed by atoms with van der Waals surface area (Å²) in [6.45, 7) is 4.48. The number of aryl methyl sites for hydroxylation is 2. The number of hydrogen-bond acceptors (Lipinski definition) is 4. The van der Waals surface area contributed by atoms with Crippen LogP contribution in [0.5, 0.6) is 11.5 Å². The van der Waals surface area contributed by atoms with Gasteiger partial charge in [0, 0.05) is 0 Å². The van der Waals surface area contributed by atoms with Crippen molar-refractivity contribution in [3.05, 3.63) is 46.5 Å². The predicted molar refractivity (Wildman–Crippen MR) is 159 cm³/mol. The monoisotopic (exact) mass is 518 g/mol. The number of unbranched alkanes of at least 4 members (excludes halogenated alkanes) is 10. The van der Waals surface area contributed by atoms with Crippen molar-refractivity contribution in [1.82, 2.24) is 0 Å². The summed E-state index contributed by atoms with van der Waals surface area (Å²) >= 11 is 0. The molecule has 38 heavy (non-hydrogen) atoms. The molecule has 0 spiro atoms. The Morgan fingerprint density at radius 1 is 0.526 bits per heavy atom. The number of ether oxygens (including phenoxy) is 2. The Morgan fingerprint density at radius 3 is 1.21 bits per heavy atom. The van der Waals surface area contributed by atoms with Crippen LogP contribution in [-0.4, -0.2) is 26.8 Å². The van der Waals surface area contributed by atoms with E-state index >= 15 is 0 Å². The van der Waals surface area contributed by atoms with Gasteiger partial charge in [-0.3, -0.25) is 9.59 Å².